The highest BCUT2D eigenvalue weighted by molar-refractivity contribution is 5.78. The Balaban J connectivity index is 2.30. The van der Waals surface area contributed by atoms with Crippen LogP contribution in [0.5, 0.6) is 0 Å². The molecule has 1 fully saturated rings. The summed E-state index contributed by atoms with van der Waals surface area (Å²) in [5, 5.41) is 2.79. The van der Waals surface area contributed by atoms with E-state index in [0.717, 1.165) is 13.0 Å². The quantitative estimate of drug-likeness (QED) is 0.555. The van der Waals surface area contributed by atoms with Crippen LogP contribution in [0, 0.1) is 0 Å². The van der Waals surface area contributed by atoms with Gasteiger partial charge < -0.3 is 15.8 Å². The predicted molar refractivity (Wildman–Crippen MR) is 41.0 cm³/mol. The standard InChI is InChI=1S/C7H14N2O2/c1-5-6(2-3-11-5)9-7(10)4-8/h5-6H,2-4,8H2,1H3,(H,9,10). The molecule has 64 valence electrons. The number of nitrogens with two attached hydrogens (primary N) is 1. The maximum Gasteiger partial charge on any atom is 0.234 e. The summed E-state index contributed by atoms with van der Waals surface area (Å²) in [5.41, 5.74) is 5.14. The smallest absolute Gasteiger partial charge is 0.234 e. The molecule has 2 unspecified atom stereocenters. The van der Waals surface area contributed by atoms with Crippen molar-refractivity contribution in [2.75, 3.05) is 13.2 Å². The third-order valence-corrected chi connectivity index (χ3v) is 1.91. The molecular weight excluding hydrogens is 144 g/mol. The van der Waals surface area contributed by atoms with Gasteiger partial charge in [-0.05, 0) is 13.3 Å². The summed E-state index contributed by atoms with van der Waals surface area (Å²) in [5.74, 6) is -0.104. The monoisotopic (exact) mass is 158 g/mol. The second-order valence-electron chi connectivity index (χ2n) is 2.74. The molecule has 0 aromatic rings. The van der Waals surface area contributed by atoms with E-state index < -0.39 is 0 Å². The Kier molecular flexibility index (Phi) is 2.84. The SMILES string of the molecule is CC1OCCC1NC(=O)CN. The van der Waals surface area contributed by atoms with Gasteiger partial charge in [-0.25, -0.2) is 0 Å². The molecule has 3 N–H and O–H groups in total. The van der Waals surface area contributed by atoms with Crippen LogP contribution in [-0.2, 0) is 9.53 Å². The van der Waals surface area contributed by atoms with Gasteiger partial charge in [0.2, 0.25) is 5.91 Å². The average molecular weight is 158 g/mol. The zero-order valence-electron chi connectivity index (χ0n) is 6.67. The number of amides is 1. The van der Waals surface area contributed by atoms with E-state index in [4.69, 9.17) is 10.5 Å². The van der Waals surface area contributed by atoms with E-state index >= 15 is 0 Å². The number of ether oxygens (including phenoxy) is 1. The first-order valence-electron chi connectivity index (χ1n) is 3.85. The van der Waals surface area contributed by atoms with E-state index in [1.165, 1.54) is 0 Å². The summed E-state index contributed by atoms with van der Waals surface area (Å²) in [7, 11) is 0. The molecule has 0 aromatic carbocycles. The van der Waals surface area contributed by atoms with E-state index in [9.17, 15) is 4.79 Å². The zero-order valence-corrected chi connectivity index (χ0v) is 6.67. The first-order valence-corrected chi connectivity index (χ1v) is 3.85. The van der Waals surface area contributed by atoms with Gasteiger partial charge in [0.05, 0.1) is 18.7 Å². The molecule has 0 spiro atoms. The van der Waals surface area contributed by atoms with Gasteiger partial charge in [-0.2, -0.15) is 0 Å². The zero-order chi connectivity index (χ0) is 8.27. The van der Waals surface area contributed by atoms with E-state index in [0.29, 0.717) is 0 Å². The minimum atomic E-state index is -0.104. The molecule has 1 aliphatic heterocycles. The highest BCUT2D eigenvalue weighted by Crippen LogP contribution is 2.11. The maximum atomic E-state index is 10.8. The van der Waals surface area contributed by atoms with Gasteiger partial charge in [-0.15, -0.1) is 0 Å². The summed E-state index contributed by atoms with van der Waals surface area (Å²) >= 11 is 0. The highest BCUT2D eigenvalue weighted by atomic mass is 16.5. The minimum Gasteiger partial charge on any atom is -0.376 e. The van der Waals surface area contributed by atoms with Crippen LogP contribution in [0.1, 0.15) is 13.3 Å². The van der Waals surface area contributed by atoms with Crippen LogP contribution >= 0.6 is 0 Å². The predicted octanol–water partition coefficient (Wildman–Crippen LogP) is -0.761. The lowest BCUT2D eigenvalue weighted by molar-refractivity contribution is -0.120. The molecular formula is C7H14N2O2. The lowest BCUT2D eigenvalue weighted by Crippen LogP contribution is -2.42. The first kappa shape index (κ1) is 8.49. The van der Waals surface area contributed by atoms with Gasteiger partial charge in [-0.1, -0.05) is 0 Å². The summed E-state index contributed by atoms with van der Waals surface area (Å²) in [4.78, 5) is 10.8. The van der Waals surface area contributed by atoms with E-state index in [2.05, 4.69) is 5.32 Å². The Morgan fingerprint density at radius 3 is 3.00 bits per heavy atom. The second-order valence-corrected chi connectivity index (χ2v) is 2.74. The van der Waals surface area contributed by atoms with Crippen molar-refractivity contribution in [3.05, 3.63) is 0 Å². The number of hydrogen-bond donors (Lipinski definition) is 2. The van der Waals surface area contributed by atoms with Crippen LogP contribution in [0.2, 0.25) is 0 Å². The Labute approximate surface area is 66.1 Å². The molecule has 1 aliphatic rings. The molecule has 1 saturated heterocycles. The van der Waals surface area contributed by atoms with Gasteiger partial charge >= 0.3 is 0 Å². The van der Waals surface area contributed by atoms with Crippen LogP contribution in [-0.4, -0.2) is 31.2 Å². The summed E-state index contributed by atoms with van der Waals surface area (Å²) in [6.07, 6.45) is 1.03. The topological polar surface area (TPSA) is 64.3 Å². The Morgan fingerprint density at radius 1 is 1.82 bits per heavy atom. The number of carbonyl (C=O) groups excluding carboxylic acids is 1. The number of rotatable bonds is 2. The van der Waals surface area contributed by atoms with Crippen molar-refractivity contribution in [2.24, 2.45) is 5.73 Å². The maximum absolute atomic E-state index is 10.8. The Morgan fingerprint density at radius 2 is 2.55 bits per heavy atom. The third kappa shape index (κ3) is 2.17. The van der Waals surface area contributed by atoms with E-state index in [1.54, 1.807) is 0 Å². The van der Waals surface area contributed by atoms with E-state index in [1.807, 2.05) is 6.92 Å². The molecule has 0 radical (unpaired) electrons. The largest absolute Gasteiger partial charge is 0.376 e. The fraction of sp³-hybridized carbons (Fsp3) is 0.857. The summed E-state index contributed by atoms with van der Waals surface area (Å²) in [6.45, 7) is 2.74. The van der Waals surface area contributed by atoms with Crippen LogP contribution in [0.15, 0.2) is 0 Å². The van der Waals surface area contributed by atoms with Gasteiger partial charge in [-0.3, -0.25) is 4.79 Å². The molecule has 4 heteroatoms. The number of hydrogen-bond acceptors (Lipinski definition) is 3. The lowest BCUT2D eigenvalue weighted by Gasteiger charge is -2.14. The summed E-state index contributed by atoms with van der Waals surface area (Å²) in [6, 6.07) is 0.158. The highest BCUT2D eigenvalue weighted by Gasteiger charge is 2.24. The molecule has 2 atom stereocenters. The molecule has 0 aliphatic carbocycles. The van der Waals surface area contributed by atoms with Crippen LogP contribution < -0.4 is 11.1 Å². The Bertz CT molecular complexity index is 149. The first-order chi connectivity index (χ1) is 5.24. The van der Waals surface area contributed by atoms with E-state index in [-0.39, 0.29) is 24.6 Å². The molecule has 11 heavy (non-hydrogen) atoms. The van der Waals surface area contributed by atoms with Crippen LogP contribution in [0.25, 0.3) is 0 Å². The molecule has 0 saturated carbocycles. The van der Waals surface area contributed by atoms with Crippen LogP contribution in [0.3, 0.4) is 0 Å². The normalized spacial score (nSPS) is 30.4. The van der Waals surface area contributed by atoms with Crippen molar-refractivity contribution in [3.8, 4) is 0 Å². The molecule has 1 rings (SSSR count). The summed E-state index contributed by atoms with van der Waals surface area (Å²) < 4.78 is 5.26. The van der Waals surface area contributed by atoms with Crippen molar-refractivity contribution in [1.82, 2.24) is 5.32 Å². The average Bonchev–Trinajstić information content (AvgIpc) is 2.37. The van der Waals surface area contributed by atoms with Crippen molar-refractivity contribution in [1.29, 1.82) is 0 Å². The van der Waals surface area contributed by atoms with Crippen molar-refractivity contribution in [2.45, 2.75) is 25.5 Å². The molecule has 1 amide bonds. The third-order valence-electron chi connectivity index (χ3n) is 1.91. The fourth-order valence-corrected chi connectivity index (χ4v) is 1.19. The molecule has 1 heterocycles. The number of carbonyl (C=O) groups is 1. The van der Waals surface area contributed by atoms with Crippen molar-refractivity contribution >= 4 is 5.91 Å². The number of nitrogens with one attached hydrogen (secondary N) is 1. The molecule has 4 nitrogen and oxygen atoms in total. The van der Waals surface area contributed by atoms with Crippen molar-refractivity contribution in [3.63, 3.8) is 0 Å². The fourth-order valence-electron chi connectivity index (χ4n) is 1.19. The minimum absolute atomic E-state index is 0.0587. The van der Waals surface area contributed by atoms with Crippen molar-refractivity contribution < 1.29 is 9.53 Å². The Hall–Kier alpha value is -0.610. The van der Waals surface area contributed by atoms with Crippen LogP contribution in [0.4, 0.5) is 0 Å². The molecule has 0 bridgehead atoms. The van der Waals surface area contributed by atoms with Gasteiger partial charge in [0.1, 0.15) is 0 Å². The molecule has 0 aromatic heterocycles. The van der Waals surface area contributed by atoms with Gasteiger partial charge in [0, 0.05) is 6.61 Å². The van der Waals surface area contributed by atoms with Gasteiger partial charge in [0.25, 0.3) is 0 Å². The second kappa shape index (κ2) is 3.69. The lowest BCUT2D eigenvalue weighted by atomic mass is 10.1. The van der Waals surface area contributed by atoms with Gasteiger partial charge in [0.15, 0.2) is 0 Å².